The molecule has 0 aliphatic rings. The second kappa shape index (κ2) is 4.58. The van der Waals surface area contributed by atoms with E-state index >= 15 is 0 Å². The van der Waals surface area contributed by atoms with E-state index < -0.39 is 5.60 Å². The SMILES string of the molecule is COC(C)(C)C(=O)COC(C)C. The zero-order valence-electron chi connectivity index (χ0n) is 8.51. The third-order valence-corrected chi connectivity index (χ3v) is 1.73. The van der Waals surface area contributed by atoms with Gasteiger partial charge in [0.1, 0.15) is 12.2 Å². The third-order valence-electron chi connectivity index (χ3n) is 1.73. The van der Waals surface area contributed by atoms with Gasteiger partial charge >= 0.3 is 0 Å². The number of carbonyl (C=O) groups excluding carboxylic acids is 1. The number of ether oxygens (including phenoxy) is 2. The Morgan fingerprint density at radius 3 is 2.25 bits per heavy atom. The molecule has 0 aliphatic carbocycles. The Morgan fingerprint density at radius 1 is 1.42 bits per heavy atom. The van der Waals surface area contributed by atoms with Crippen LogP contribution in [0.3, 0.4) is 0 Å². The Labute approximate surface area is 74.0 Å². The van der Waals surface area contributed by atoms with E-state index in [4.69, 9.17) is 9.47 Å². The molecule has 0 heterocycles. The molecule has 3 heteroatoms. The summed E-state index contributed by atoms with van der Waals surface area (Å²) in [6.07, 6.45) is 0.0848. The van der Waals surface area contributed by atoms with Crippen LogP contribution in [0.25, 0.3) is 0 Å². The van der Waals surface area contributed by atoms with E-state index in [1.54, 1.807) is 13.8 Å². The molecule has 0 saturated carbocycles. The lowest BCUT2D eigenvalue weighted by Gasteiger charge is -2.21. The zero-order valence-corrected chi connectivity index (χ0v) is 8.51. The standard InChI is InChI=1S/C9H18O3/c1-7(2)12-6-8(10)9(3,4)11-5/h7H,6H2,1-5H3. The molecule has 0 aromatic carbocycles. The number of ketones is 1. The van der Waals surface area contributed by atoms with Gasteiger partial charge in [0.05, 0.1) is 6.10 Å². The Hall–Kier alpha value is -0.410. The number of carbonyl (C=O) groups is 1. The highest BCUT2D eigenvalue weighted by Crippen LogP contribution is 2.09. The molecule has 0 N–H and O–H groups in total. The van der Waals surface area contributed by atoms with Gasteiger partial charge in [-0.05, 0) is 27.7 Å². The molecular weight excluding hydrogens is 156 g/mol. The van der Waals surface area contributed by atoms with Gasteiger partial charge in [-0.3, -0.25) is 4.79 Å². The van der Waals surface area contributed by atoms with E-state index in [9.17, 15) is 4.79 Å². The van der Waals surface area contributed by atoms with Gasteiger partial charge in [-0.15, -0.1) is 0 Å². The summed E-state index contributed by atoms with van der Waals surface area (Å²) in [6, 6.07) is 0. The molecule has 0 saturated heterocycles. The summed E-state index contributed by atoms with van der Waals surface area (Å²) >= 11 is 0. The van der Waals surface area contributed by atoms with Crippen molar-refractivity contribution in [1.29, 1.82) is 0 Å². The van der Waals surface area contributed by atoms with Crippen LogP contribution in [-0.4, -0.2) is 31.2 Å². The Bertz CT molecular complexity index is 150. The van der Waals surface area contributed by atoms with Gasteiger partial charge in [-0.1, -0.05) is 0 Å². The number of methoxy groups -OCH3 is 1. The van der Waals surface area contributed by atoms with Crippen molar-refractivity contribution in [2.45, 2.75) is 39.4 Å². The Morgan fingerprint density at radius 2 is 1.92 bits per heavy atom. The van der Waals surface area contributed by atoms with Crippen LogP contribution < -0.4 is 0 Å². The molecule has 0 fully saturated rings. The maximum absolute atomic E-state index is 11.4. The van der Waals surface area contributed by atoms with E-state index in [1.807, 2.05) is 13.8 Å². The first-order valence-corrected chi connectivity index (χ1v) is 4.10. The predicted octanol–water partition coefficient (Wildman–Crippen LogP) is 1.41. The Kier molecular flexibility index (Phi) is 4.42. The molecule has 0 atom stereocenters. The summed E-state index contributed by atoms with van der Waals surface area (Å²) in [5.41, 5.74) is -0.727. The normalized spacial score (nSPS) is 12.2. The highest BCUT2D eigenvalue weighted by Gasteiger charge is 2.26. The molecular formula is C9H18O3. The molecule has 0 unspecified atom stereocenters. The summed E-state index contributed by atoms with van der Waals surface area (Å²) in [5, 5.41) is 0. The van der Waals surface area contributed by atoms with E-state index in [1.165, 1.54) is 7.11 Å². The van der Waals surface area contributed by atoms with Crippen molar-refractivity contribution in [1.82, 2.24) is 0 Å². The van der Waals surface area contributed by atoms with Gasteiger partial charge in [0, 0.05) is 7.11 Å². The summed E-state index contributed by atoms with van der Waals surface area (Å²) in [7, 11) is 1.52. The first-order valence-electron chi connectivity index (χ1n) is 4.10. The third kappa shape index (κ3) is 3.83. The lowest BCUT2D eigenvalue weighted by atomic mass is 10.0. The number of hydrogen-bond acceptors (Lipinski definition) is 3. The minimum Gasteiger partial charge on any atom is -0.371 e. The number of hydrogen-bond donors (Lipinski definition) is 0. The maximum Gasteiger partial charge on any atom is 0.189 e. The van der Waals surface area contributed by atoms with Gasteiger partial charge in [0.2, 0.25) is 0 Å². The quantitative estimate of drug-likeness (QED) is 0.632. The smallest absolute Gasteiger partial charge is 0.189 e. The number of Topliss-reactive ketones (excluding diaryl/α,β-unsaturated/α-hetero) is 1. The highest BCUT2D eigenvalue weighted by molar-refractivity contribution is 5.87. The van der Waals surface area contributed by atoms with Crippen molar-refractivity contribution in [3.63, 3.8) is 0 Å². The first kappa shape index (κ1) is 11.6. The van der Waals surface area contributed by atoms with Crippen LogP contribution in [0.2, 0.25) is 0 Å². The van der Waals surface area contributed by atoms with Crippen molar-refractivity contribution in [3.8, 4) is 0 Å². The topological polar surface area (TPSA) is 35.5 Å². The van der Waals surface area contributed by atoms with Crippen LogP contribution in [0, 0.1) is 0 Å². The highest BCUT2D eigenvalue weighted by atomic mass is 16.5. The average Bonchev–Trinajstić information content (AvgIpc) is 2.00. The van der Waals surface area contributed by atoms with E-state index in [-0.39, 0.29) is 18.5 Å². The fourth-order valence-electron chi connectivity index (χ4n) is 0.530. The minimum atomic E-state index is -0.727. The second-order valence-corrected chi connectivity index (χ2v) is 3.50. The van der Waals surface area contributed by atoms with Crippen molar-refractivity contribution in [2.75, 3.05) is 13.7 Å². The largest absolute Gasteiger partial charge is 0.371 e. The molecule has 0 amide bonds. The van der Waals surface area contributed by atoms with Crippen molar-refractivity contribution >= 4 is 5.78 Å². The molecule has 0 spiro atoms. The van der Waals surface area contributed by atoms with E-state index in [0.717, 1.165) is 0 Å². The monoisotopic (exact) mass is 174 g/mol. The van der Waals surface area contributed by atoms with Crippen LogP contribution in [-0.2, 0) is 14.3 Å². The molecule has 0 bridgehead atoms. The lowest BCUT2D eigenvalue weighted by Crippen LogP contribution is -2.37. The van der Waals surface area contributed by atoms with Gasteiger partial charge in [0.15, 0.2) is 5.78 Å². The van der Waals surface area contributed by atoms with E-state index in [2.05, 4.69) is 0 Å². The Balaban J connectivity index is 3.88. The zero-order chi connectivity index (χ0) is 9.78. The van der Waals surface area contributed by atoms with Crippen molar-refractivity contribution < 1.29 is 14.3 Å². The summed E-state index contributed by atoms with van der Waals surface area (Å²) < 4.78 is 10.2. The summed E-state index contributed by atoms with van der Waals surface area (Å²) in [6.45, 7) is 7.39. The first-order chi connectivity index (χ1) is 5.40. The van der Waals surface area contributed by atoms with Crippen LogP contribution >= 0.6 is 0 Å². The average molecular weight is 174 g/mol. The molecule has 0 radical (unpaired) electrons. The molecule has 0 aromatic rings. The van der Waals surface area contributed by atoms with Gasteiger partial charge in [-0.25, -0.2) is 0 Å². The molecule has 72 valence electrons. The van der Waals surface area contributed by atoms with Crippen molar-refractivity contribution in [2.24, 2.45) is 0 Å². The molecule has 3 nitrogen and oxygen atoms in total. The fourth-order valence-corrected chi connectivity index (χ4v) is 0.530. The van der Waals surface area contributed by atoms with Crippen LogP contribution in [0.5, 0.6) is 0 Å². The van der Waals surface area contributed by atoms with Gasteiger partial charge < -0.3 is 9.47 Å². The van der Waals surface area contributed by atoms with E-state index in [0.29, 0.717) is 0 Å². The maximum atomic E-state index is 11.4. The van der Waals surface area contributed by atoms with Crippen molar-refractivity contribution in [3.05, 3.63) is 0 Å². The van der Waals surface area contributed by atoms with Gasteiger partial charge in [0.25, 0.3) is 0 Å². The minimum absolute atomic E-state index is 0.0290. The number of rotatable bonds is 5. The molecule has 0 rings (SSSR count). The second-order valence-electron chi connectivity index (χ2n) is 3.50. The molecule has 0 aliphatic heterocycles. The van der Waals surface area contributed by atoms with Crippen LogP contribution in [0.15, 0.2) is 0 Å². The van der Waals surface area contributed by atoms with Crippen LogP contribution in [0.4, 0.5) is 0 Å². The molecule has 0 aromatic heterocycles. The fraction of sp³-hybridized carbons (Fsp3) is 0.889. The summed E-state index contributed by atoms with van der Waals surface area (Å²) in [5.74, 6) is -0.0290. The van der Waals surface area contributed by atoms with Gasteiger partial charge in [-0.2, -0.15) is 0 Å². The predicted molar refractivity (Wildman–Crippen MR) is 47.2 cm³/mol. The van der Waals surface area contributed by atoms with Crippen LogP contribution in [0.1, 0.15) is 27.7 Å². The lowest BCUT2D eigenvalue weighted by molar-refractivity contribution is -0.143. The summed E-state index contributed by atoms with van der Waals surface area (Å²) in [4.78, 5) is 11.4. The molecule has 12 heavy (non-hydrogen) atoms.